The second kappa shape index (κ2) is 5.37. The molecule has 0 atom stereocenters. The van der Waals surface area contributed by atoms with Gasteiger partial charge >= 0.3 is 5.82 Å². The van der Waals surface area contributed by atoms with Crippen molar-refractivity contribution in [3.8, 4) is 5.75 Å². The van der Waals surface area contributed by atoms with Crippen LogP contribution in [0.1, 0.15) is 5.56 Å². The second-order valence-electron chi connectivity index (χ2n) is 4.16. The molecule has 0 saturated carbocycles. The van der Waals surface area contributed by atoms with E-state index in [2.05, 4.69) is 9.71 Å². The number of phenolic OH excluding ortho intramolecular Hbond substituents is 1. The number of aromatic nitrogens is 1. The molecule has 1 aromatic carbocycles. The number of aromatic hydroxyl groups is 1. The van der Waals surface area contributed by atoms with Gasteiger partial charge in [0.2, 0.25) is 0 Å². The molecule has 0 unspecified atom stereocenters. The van der Waals surface area contributed by atoms with E-state index in [9.17, 15) is 23.6 Å². The van der Waals surface area contributed by atoms with Crippen LogP contribution < -0.4 is 4.72 Å². The largest absolute Gasteiger partial charge is 0.508 e. The molecule has 2 N–H and O–H groups in total. The van der Waals surface area contributed by atoms with Crippen LogP contribution in [-0.4, -0.2) is 23.4 Å². The van der Waals surface area contributed by atoms with E-state index in [1.165, 1.54) is 18.2 Å². The first-order valence-electron chi connectivity index (χ1n) is 5.73. The maximum atomic E-state index is 12.1. The predicted molar refractivity (Wildman–Crippen MR) is 74.5 cm³/mol. The Balaban J connectivity index is 2.34. The van der Waals surface area contributed by atoms with E-state index in [-0.39, 0.29) is 16.3 Å². The highest BCUT2D eigenvalue weighted by Crippen LogP contribution is 2.26. The average molecular weight is 309 g/mol. The van der Waals surface area contributed by atoms with Crippen LogP contribution in [-0.2, 0) is 10.0 Å². The molecule has 0 amide bonds. The number of sulfonamides is 1. The van der Waals surface area contributed by atoms with Crippen molar-refractivity contribution in [2.45, 2.75) is 11.8 Å². The molecular formula is C12H11N3O5S. The van der Waals surface area contributed by atoms with E-state index in [0.29, 0.717) is 5.56 Å². The van der Waals surface area contributed by atoms with Crippen molar-refractivity contribution in [3.63, 3.8) is 0 Å². The first-order chi connectivity index (χ1) is 9.81. The van der Waals surface area contributed by atoms with Crippen molar-refractivity contribution in [2.24, 2.45) is 0 Å². The van der Waals surface area contributed by atoms with Gasteiger partial charge in [-0.3, -0.25) is 4.72 Å². The van der Waals surface area contributed by atoms with E-state index in [0.717, 1.165) is 18.3 Å². The Labute approximate surface area is 120 Å². The van der Waals surface area contributed by atoms with Crippen molar-refractivity contribution in [1.82, 2.24) is 4.98 Å². The van der Waals surface area contributed by atoms with Gasteiger partial charge in [0.25, 0.3) is 10.0 Å². The Hall–Kier alpha value is -2.68. The average Bonchev–Trinajstić information content (AvgIpc) is 2.44. The summed E-state index contributed by atoms with van der Waals surface area (Å²) in [5.74, 6) is -0.487. The zero-order valence-corrected chi connectivity index (χ0v) is 11.7. The summed E-state index contributed by atoms with van der Waals surface area (Å²) in [6.45, 7) is 1.56. The van der Waals surface area contributed by atoms with Gasteiger partial charge in [-0.05, 0) is 35.0 Å². The monoisotopic (exact) mass is 309 g/mol. The number of rotatable bonds is 4. The van der Waals surface area contributed by atoms with Gasteiger partial charge < -0.3 is 15.2 Å². The fraction of sp³-hybridized carbons (Fsp3) is 0.0833. The fourth-order valence-electron chi connectivity index (χ4n) is 1.58. The molecule has 0 fully saturated rings. The molecule has 2 rings (SSSR count). The van der Waals surface area contributed by atoms with Crippen LogP contribution in [0.25, 0.3) is 0 Å². The summed E-state index contributed by atoms with van der Waals surface area (Å²) in [5.41, 5.74) is 0.587. The third-order valence-electron chi connectivity index (χ3n) is 2.77. The summed E-state index contributed by atoms with van der Waals surface area (Å²) in [6, 6.07) is 6.51. The molecule has 1 aromatic heterocycles. The number of nitrogens with zero attached hydrogens (tertiary/aromatic N) is 2. The Morgan fingerprint density at radius 1 is 1.29 bits per heavy atom. The lowest BCUT2D eigenvalue weighted by atomic mass is 10.2. The predicted octanol–water partition coefficient (Wildman–Crippen LogP) is 1.80. The molecule has 0 radical (unpaired) electrons. The van der Waals surface area contributed by atoms with Crippen LogP contribution >= 0.6 is 0 Å². The maximum absolute atomic E-state index is 12.1. The Morgan fingerprint density at radius 2 is 2.00 bits per heavy atom. The molecule has 21 heavy (non-hydrogen) atoms. The summed E-state index contributed by atoms with van der Waals surface area (Å²) < 4.78 is 26.6. The molecule has 0 aliphatic rings. The SMILES string of the molecule is Cc1c(O)cccc1NS(=O)(=O)c1ccc([N+](=O)[O-])nc1. The van der Waals surface area contributed by atoms with Gasteiger partial charge in [0.1, 0.15) is 10.6 Å². The molecule has 0 saturated heterocycles. The standard InChI is InChI=1S/C12H11N3O5S/c1-8-10(3-2-4-11(8)16)14-21(19,20)9-5-6-12(13-7-9)15(17)18/h2-7,14,16H,1H3. The number of pyridine rings is 1. The minimum absolute atomic E-state index is 0.0444. The fourth-order valence-corrected chi connectivity index (χ4v) is 2.64. The molecular weight excluding hydrogens is 298 g/mol. The van der Waals surface area contributed by atoms with Gasteiger partial charge in [-0.15, -0.1) is 0 Å². The van der Waals surface area contributed by atoms with Crippen molar-refractivity contribution in [2.75, 3.05) is 4.72 Å². The van der Waals surface area contributed by atoms with Crippen molar-refractivity contribution in [3.05, 3.63) is 52.2 Å². The van der Waals surface area contributed by atoms with E-state index >= 15 is 0 Å². The normalized spacial score (nSPS) is 11.1. The molecule has 1 heterocycles. The van der Waals surface area contributed by atoms with Gasteiger partial charge in [-0.25, -0.2) is 8.42 Å². The third-order valence-corrected chi connectivity index (χ3v) is 4.12. The van der Waals surface area contributed by atoms with Crippen LogP contribution in [0.15, 0.2) is 41.4 Å². The van der Waals surface area contributed by atoms with Gasteiger partial charge in [-0.1, -0.05) is 6.07 Å². The first-order valence-corrected chi connectivity index (χ1v) is 7.21. The number of hydrogen-bond acceptors (Lipinski definition) is 6. The van der Waals surface area contributed by atoms with Gasteiger partial charge in [0, 0.05) is 11.6 Å². The van der Waals surface area contributed by atoms with Crippen LogP contribution in [0.3, 0.4) is 0 Å². The lowest BCUT2D eigenvalue weighted by molar-refractivity contribution is -0.389. The Bertz CT molecular complexity index is 787. The highest BCUT2D eigenvalue weighted by molar-refractivity contribution is 7.92. The van der Waals surface area contributed by atoms with E-state index in [1.54, 1.807) is 6.92 Å². The minimum atomic E-state index is -3.94. The van der Waals surface area contributed by atoms with E-state index in [1.807, 2.05) is 0 Å². The molecule has 2 aromatic rings. The quantitative estimate of drug-likeness (QED) is 0.656. The lowest BCUT2D eigenvalue weighted by Gasteiger charge is -2.10. The van der Waals surface area contributed by atoms with Crippen LogP contribution in [0.4, 0.5) is 11.5 Å². The highest BCUT2D eigenvalue weighted by Gasteiger charge is 2.19. The summed E-state index contributed by atoms with van der Waals surface area (Å²) in [7, 11) is -3.94. The number of nitrogens with one attached hydrogen (secondary N) is 1. The summed E-state index contributed by atoms with van der Waals surface area (Å²) in [4.78, 5) is 13.0. The van der Waals surface area contributed by atoms with Gasteiger partial charge in [-0.2, -0.15) is 0 Å². The number of phenols is 1. The summed E-state index contributed by atoms with van der Waals surface area (Å²) >= 11 is 0. The third kappa shape index (κ3) is 3.08. The molecule has 110 valence electrons. The number of anilines is 1. The van der Waals surface area contributed by atoms with Crippen LogP contribution in [0.5, 0.6) is 5.75 Å². The lowest BCUT2D eigenvalue weighted by Crippen LogP contribution is -2.14. The topological polar surface area (TPSA) is 122 Å². The number of hydrogen-bond donors (Lipinski definition) is 2. The molecule has 0 aliphatic heterocycles. The van der Waals surface area contributed by atoms with Crippen molar-refractivity contribution >= 4 is 21.5 Å². The van der Waals surface area contributed by atoms with Gasteiger partial charge in [0.15, 0.2) is 6.20 Å². The zero-order chi connectivity index (χ0) is 15.6. The summed E-state index contributed by atoms with van der Waals surface area (Å²) in [6.07, 6.45) is 0.901. The van der Waals surface area contributed by atoms with Gasteiger partial charge in [0.05, 0.1) is 5.69 Å². The first kappa shape index (κ1) is 14.7. The molecule has 0 bridgehead atoms. The number of benzene rings is 1. The van der Waals surface area contributed by atoms with Crippen LogP contribution in [0, 0.1) is 17.0 Å². The van der Waals surface area contributed by atoms with Crippen LogP contribution in [0.2, 0.25) is 0 Å². The van der Waals surface area contributed by atoms with E-state index in [4.69, 9.17) is 0 Å². The Kier molecular flexibility index (Phi) is 3.76. The second-order valence-corrected chi connectivity index (χ2v) is 5.85. The van der Waals surface area contributed by atoms with Crippen molar-refractivity contribution < 1.29 is 18.4 Å². The van der Waals surface area contributed by atoms with E-state index < -0.39 is 20.8 Å². The maximum Gasteiger partial charge on any atom is 0.363 e. The number of nitro groups is 1. The zero-order valence-electron chi connectivity index (χ0n) is 10.8. The van der Waals surface area contributed by atoms with Crippen molar-refractivity contribution in [1.29, 1.82) is 0 Å². The molecule has 9 heteroatoms. The molecule has 0 aliphatic carbocycles. The Morgan fingerprint density at radius 3 is 2.57 bits per heavy atom. The molecule has 8 nitrogen and oxygen atoms in total. The minimum Gasteiger partial charge on any atom is -0.508 e. The molecule has 0 spiro atoms. The highest BCUT2D eigenvalue weighted by atomic mass is 32.2. The summed E-state index contributed by atoms with van der Waals surface area (Å²) in [5, 5.41) is 20.0. The smallest absolute Gasteiger partial charge is 0.363 e.